The smallest absolute Gasteiger partial charge is 0.414 e. The Balaban J connectivity index is 1.49. The molecule has 1 saturated carbocycles. The first-order valence-electron chi connectivity index (χ1n) is 14.0. The van der Waals surface area contributed by atoms with Gasteiger partial charge < -0.3 is 36.1 Å². The van der Waals surface area contributed by atoms with E-state index < -0.39 is 28.5 Å². The first kappa shape index (κ1) is 28.3. The highest BCUT2D eigenvalue weighted by molar-refractivity contribution is 8.03. The zero-order valence-corrected chi connectivity index (χ0v) is 24.9. The second-order valence-electron chi connectivity index (χ2n) is 12.2. The minimum atomic E-state index is -1.06. The lowest BCUT2D eigenvalue weighted by atomic mass is 10.0. The van der Waals surface area contributed by atoms with E-state index in [-0.39, 0.29) is 23.7 Å². The number of halogens is 1. The monoisotopic (exact) mass is 598 g/mol. The number of carbonyl (C=O) groups excluding carboxylic acids is 1. The fraction of sp³-hybridized carbons (Fsp3) is 0.500. The molecule has 6 N–H and O–H groups in total. The lowest BCUT2D eigenvalue weighted by molar-refractivity contribution is -0.133. The van der Waals surface area contributed by atoms with Crippen LogP contribution in [0.1, 0.15) is 47.0 Å². The van der Waals surface area contributed by atoms with Gasteiger partial charge in [0, 0.05) is 36.5 Å². The number of thioether (sulfide) groups is 1. The van der Waals surface area contributed by atoms with Crippen molar-refractivity contribution in [2.24, 2.45) is 11.7 Å². The van der Waals surface area contributed by atoms with Gasteiger partial charge in [-0.3, -0.25) is 4.90 Å². The number of amides is 1. The molecule has 1 saturated heterocycles. The quantitative estimate of drug-likeness (QED) is 0.275. The lowest BCUT2D eigenvalue weighted by Gasteiger charge is -2.33. The first-order chi connectivity index (χ1) is 19.8. The Morgan fingerprint density at radius 2 is 2.10 bits per heavy atom. The largest absolute Gasteiger partial charge is 0.477 e. The van der Waals surface area contributed by atoms with Crippen LogP contribution in [-0.4, -0.2) is 68.4 Å². The molecule has 14 heteroatoms. The fourth-order valence-corrected chi connectivity index (χ4v) is 7.04. The summed E-state index contributed by atoms with van der Waals surface area (Å²) in [4.78, 5) is 40.2. The summed E-state index contributed by atoms with van der Waals surface area (Å²) in [6.07, 6.45) is 1.67. The second-order valence-corrected chi connectivity index (χ2v) is 13.4. The molecule has 6 rings (SSSR count). The molecule has 1 aliphatic carbocycles. The Morgan fingerprint density at radius 3 is 2.69 bits per heavy atom. The number of nitrogens with zero attached hydrogens (tertiary/aromatic N) is 4. The minimum absolute atomic E-state index is 0.0809. The molecule has 4 heterocycles. The summed E-state index contributed by atoms with van der Waals surface area (Å²) in [7, 11) is 1.54. The number of aliphatic carboxylic acids is 1. The number of H-pyrrole nitrogens is 1. The standard InChI is InChI=1S/C28H35FN8O4S/c1-6-28(34-18(12-42-28)24(38)39)35-25-32-22-20(23(33-25)37-11-13-7-15(37)10-17(13)30)16-8-14(29)9-19(21(16)31-22)36(5)26(40)41-27(2,3)4/h8-9,12-13,15,17,34H,6-7,10-11,30H2,1-5H3,(H,38,39)(H2,31,32,33,35). The number of carboxylic acid groups (broad SMARTS) is 1. The zero-order valence-electron chi connectivity index (χ0n) is 24.1. The highest BCUT2D eigenvalue weighted by atomic mass is 32.2. The SMILES string of the molecule is CCC1(Nc2nc(N3CC4CC3CC4N)c3c(n2)[nH]c2c(N(C)C(=O)OC(C)(C)C)cc(F)cc23)NC(C(=O)O)=CS1. The third-order valence-corrected chi connectivity index (χ3v) is 9.39. The molecule has 1 aromatic carbocycles. The van der Waals surface area contributed by atoms with E-state index in [1.807, 2.05) is 6.92 Å². The van der Waals surface area contributed by atoms with Crippen LogP contribution in [0.25, 0.3) is 21.9 Å². The summed E-state index contributed by atoms with van der Waals surface area (Å²) in [5, 5.41) is 18.6. The maximum absolute atomic E-state index is 15.2. The number of hydrogen-bond donors (Lipinski definition) is 5. The van der Waals surface area contributed by atoms with Gasteiger partial charge in [-0.15, -0.1) is 0 Å². The van der Waals surface area contributed by atoms with Crippen LogP contribution < -0.4 is 26.2 Å². The number of carboxylic acids is 1. The van der Waals surface area contributed by atoms with Crippen molar-refractivity contribution in [3.8, 4) is 0 Å². The number of nitrogens with one attached hydrogen (secondary N) is 3. The highest BCUT2D eigenvalue weighted by Gasteiger charge is 2.45. The van der Waals surface area contributed by atoms with E-state index in [4.69, 9.17) is 20.4 Å². The van der Waals surface area contributed by atoms with Crippen molar-refractivity contribution < 1.29 is 23.8 Å². The molecule has 0 spiro atoms. The van der Waals surface area contributed by atoms with Crippen LogP contribution in [0.4, 0.5) is 26.6 Å². The number of fused-ring (bicyclic) bond motifs is 5. The second kappa shape index (κ2) is 9.90. The summed E-state index contributed by atoms with van der Waals surface area (Å²) in [5.41, 5.74) is 6.98. The molecule has 2 bridgehead atoms. The molecular formula is C28H35FN8O4S. The van der Waals surface area contributed by atoms with Crippen molar-refractivity contribution in [2.45, 2.75) is 69.6 Å². The van der Waals surface area contributed by atoms with Gasteiger partial charge in [0.15, 0.2) is 4.99 Å². The molecule has 4 atom stereocenters. The van der Waals surface area contributed by atoms with E-state index in [0.29, 0.717) is 52.3 Å². The molecule has 3 aromatic rings. The van der Waals surface area contributed by atoms with Crippen molar-refractivity contribution in [2.75, 3.05) is 28.7 Å². The van der Waals surface area contributed by atoms with Gasteiger partial charge in [-0.05, 0) is 58.1 Å². The lowest BCUT2D eigenvalue weighted by Crippen LogP contribution is -2.46. The number of piperidine rings is 1. The number of rotatable bonds is 6. The molecule has 224 valence electrons. The number of nitrogens with two attached hydrogens (primary N) is 1. The van der Waals surface area contributed by atoms with E-state index in [9.17, 15) is 14.7 Å². The van der Waals surface area contributed by atoms with Crippen molar-refractivity contribution in [3.05, 3.63) is 29.1 Å². The number of anilines is 3. The molecule has 0 radical (unpaired) electrons. The number of hydrogen-bond acceptors (Lipinski definition) is 10. The van der Waals surface area contributed by atoms with Crippen LogP contribution in [0.5, 0.6) is 0 Å². The molecule has 4 unspecified atom stereocenters. The van der Waals surface area contributed by atoms with E-state index in [0.717, 1.165) is 12.8 Å². The average molecular weight is 599 g/mol. The summed E-state index contributed by atoms with van der Waals surface area (Å²) in [5.74, 6) is -0.342. The van der Waals surface area contributed by atoms with Gasteiger partial charge in [-0.25, -0.2) is 14.0 Å². The topological polar surface area (TPSA) is 162 Å². The molecule has 2 aromatic heterocycles. The predicted octanol–water partition coefficient (Wildman–Crippen LogP) is 4.29. The Bertz CT molecular complexity index is 1640. The number of aromatic nitrogens is 3. The number of aromatic amines is 1. The van der Waals surface area contributed by atoms with Crippen LogP contribution in [-0.2, 0) is 9.53 Å². The summed E-state index contributed by atoms with van der Waals surface area (Å²) < 4.78 is 20.7. The Hall–Kier alpha value is -3.78. The summed E-state index contributed by atoms with van der Waals surface area (Å²) in [6, 6.07) is 3.01. The van der Waals surface area contributed by atoms with Gasteiger partial charge >= 0.3 is 12.1 Å². The minimum Gasteiger partial charge on any atom is -0.477 e. The van der Waals surface area contributed by atoms with Gasteiger partial charge in [0.1, 0.15) is 28.6 Å². The van der Waals surface area contributed by atoms with Gasteiger partial charge in [0.25, 0.3) is 0 Å². The van der Waals surface area contributed by atoms with Gasteiger partial charge in [-0.1, -0.05) is 18.7 Å². The van der Waals surface area contributed by atoms with Gasteiger partial charge in [-0.2, -0.15) is 9.97 Å². The zero-order chi connectivity index (χ0) is 30.1. The number of ether oxygens (including phenoxy) is 1. The summed E-state index contributed by atoms with van der Waals surface area (Å²) in [6.45, 7) is 7.94. The molecule has 1 amide bonds. The van der Waals surface area contributed by atoms with E-state index in [1.165, 1.54) is 35.8 Å². The van der Waals surface area contributed by atoms with Gasteiger partial charge in [0.2, 0.25) is 5.95 Å². The Morgan fingerprint density at radius 1 is 1.33 bits per heavy atom. The number of benzene rings is 1. The maximum Gasteiger partial charge on any atom is 0.414 e. The van der Waals surface area contributed by atoms with Crippen LogP contribution in [0.2, 0.25) is 0 Å². The number of carbonyl (C=O) groups is 2. The highest BCUT2D eigenvalue weighted by Crippen LogP contribution is 2.45. The molecule has 3 aliphatic rings. The van der Waals surface area contributed by atoms with E-state index >= 15 is 4.39 Å². The van der Waals surface area contributed by atoms with Crippen molar-refractivity contribution >= 4 is 63.2 Å². The van der Waals surface area contributed by atoms with Crippen molar-refractivity contribution in [1.82, 2.24) is 20.3 Å². The summed E-state index contributed by atoms with van der Waals surface area (Å²) >= 11 is 1.30. The molecule has 12 nitrogen and oxygen atoms in total. The van der Waals surface area contributed by atoms with Crippen molar-refractivity contribution in [1.29, 1.82) is 0 Å². The Kier molecular flexibility index (Phi) is 6.68. The third-order valence-electron chi connectivity index (χ3n) is 8.14. The van der Waals surface area contributed by atoms with E-state index in [1.54, 1.807) is 26.2 Å². The molecular weight excluding hydrogens is 563 g/mol. The maximum atomic E-state index is 15.2. The van der Waals surface area contributed by atoms with E-state index in [2.05, 4.69) is 20.5 Å². The first-order valence-corrected chi connectivity index (χ1v) is 14.8. The van der Waals surface area contributed by atoms with Crippen LogP contribution >= 0.6 is 11.8 Å². The molecule has 42 heavy (non-hydrogen) atoms. The molecule has 2 aliphatic heterocycles. The predicted molar refractivity (Wildman–Crippen MR) is 161 cm³/mol. The third kappa shape index (κ3) is 4.85. The van der Waals surface area contributed by atoms with Crippen LogP contribution in [0, 0.1) is 11.7 Å². The fourth-order valence-electron chi connectivity index (χ4n) is 6.08. The van der Waals surface area contributed by atoms with Gasteiger partial charge in [0.05, 0.1) is 16.6 Å². The average Bonchev–Trinajstić information content (AvgIpc) is 3.68. The molecule has 2 fully saturated rings. The van der Waals surface area contributed by atoms with Crippen LogP contribution in [0.3, 0.4) is 0 Å². The normalized spacial score (nSPS) is 25.2. The Labute approximate surface area is 246 Å². The van der Waals surface area contributed by atoms with Crippen LogP contribution in [0.15, 0.2) is 23.2 Å². The van der Waals surface area contributed by atoms with Crippen molar-refractivity contribution in [3.63, 3.8) is 0 Å².